The van der Waals surface area contributed by atoms with Crippen LogP contribution in [0.1, 0.15) is 32.3 Å². The summed E-state index contributed by atoms with van der Waals surface area (Å²) in [6, 6.07) is 12.8. The van der Waals surface area contributed by atoms with Crippen LogP contribution in [-0.4, -0.2) is 59.2 Å². The highest BCUT2D eigenvalue weighted by molar-refractivity contribution is 5.37. The van der Waals surface area contributed by atoms with E-state index >= 15 is 0 Å². The Morgan fingerprint density at radius 3 is 2.71 bits per heavy atom. The Bertz CT molecular complexity index is 745. The molecule has 4 rings (SSSR count). The van der Waals surface area contributed by atoms with Crippen LogP contribution >= 0.6 is 0 Å². The minimum Gasteiger partial charge on any atom is -0.455 e. The van der Waals surface area contributed by atoms with Gasteiger partial charge in [-0.15, -0.1) is 0 Å². The molecule has 2 aliphatic heterocycles. The van der Waals surface area contributed by atoms with Gasteiger partial charge in [0.1, 0.15) is 11.5 Å². The van der Waals surface area contributed by atoms with Gasteiger partial charge in [-0.05, 0) is 51.4 Å². The largest absolute Gasteiger partial charge is 0.455 e. The molecule has 0 spiro atoms. The molecule has 3 unspecified atom stereocenters. The minimum atomic E-state index is 0.326. The predicted octanol–water partition coefficient (Wildman–Crippen LogP) is 3.95. The van der Waals surface area contributed by atoms with Crippen LogP contribution < -0.4 is 4.74 Å². The number of nitrogens with zero attached hydrogens (tertiary/aromatic N) is 3. The fourth-order valence-electron chi connectivity index (χ4n) is 4.53. The Labute approximate surface area is 168 Å². The number of pyridine rings is 1. The van der Waals surface area contributed by atoms with Crippen molar-refractivity contribution in [3.8, 4) is 11.5 Å². The molecule has 28 heavy (non-hydrogen) atoms. The smallest absolute Gasteiger partial charge is 0.145 e. The van der Waals surface area contributed by atoms with E-state index in [0.717, 1.165) is 44.2 Å². The van der Waals surface area contributed by atoms with Crippen molar-refractivity contribution in [2.24, 2.45) is 0 Å². The lowest BCUT2D eigenvalue weighted by atomic mass is 10.1. The van der Waals surface area contributed by atoms with Gasteiger partial charge in [-0.25, -0.2) is 0 Å². The van der Waals surface area contributed by atoms with Crippen molar-refractivity contribution in [2.75, 3.05) is 26.2 Å². The summed E-state index contributed by atoms with van der Waals surface area (Å²) < 4.78 is 12.0. The van der Waals surface area contributed by atoms with Crippen LogP contribution in [0, 0.1) is 0 Å². The molecule has 2 aromatic rings. The predicted molar refractivity (Wildman–Crippen MR) is 111 cm³/mol. The SMILES string of the molecule is CC1CN(CC2CCCN2Cc2ccccc2Oc2cccnc2)CC(C)O1. The van der Waals surface area contributed by atoms with Gasteiger partial charge in [0.25, 0.3) is 0 Å². The van der Waals surface area contributed by atoms with Crippen molar-refractivity contribution in [3.05, 3.63) is 54.4 Å². The van der Waals surface area contributed by atoms with Crippen molar-refractivity contribution in [1.82, 2.24) is 14.8 Å². The highest BCUT2D eigenvalue weighted by atomic mass is 16.5. The Kier molecular flexibility index (Phi) is 6.25. The monoisotopic (exact) mass is 381 g/mol. The standard InChI is InChI=1S/C23H31N3O2/c1-18-14-25(15-19(2)27-18)17-21-8-6-12-26(21)16-20-7-3-4-10-23(20)28-22-9-5-11-24-13-22/h3-5,7,9-11,13,18-19,21H,6,8,12,14-17H2,1-2H3. The molecule has 0 saturated carbocycles. The Morgan fingerprint density at radius 1 is 1.11 bits per heavy atom. The van der Waals surface area contributed by atoms with Crippen LogP contribution in [0.15, 0.2) is 48.8 Å². The van der Waals surface area contributed by atoms with E-state index < -0.39 is 0 Å². The van der Waals surface area contributed by atoms with Gasteiger partial charge < -0.3 is 9.47 Å². The molecular weight excluding hydrogens is 350 g/mol. The van der Waals surface area contributed by atoms with Crippen molar-refractivity contribution < 1.29 is 9.47 Å². The molecule has 0 radical (unpaired) electrons. The molecular formula is C23H31N3O2. The quantitative estimate of drug-likeness (QED) is 0.757. The van der Waals surface area contributed by atoms with Crippen molar-refractivity contribution in [2.45, 2.75) is 51.5 Å². The number of morpholine rings is 1. The second-order valence-corrected chi connectivity index (χ2v) is 8.14. The van der Waals surface area contributed by atoms with E-state index in [1.165, 1.54) is 18.4 Å². The van der Waals surface area contributed by atoms with E-state index in [-0.39, 0.29) is 0 Å². The average Bonchev–Trinajstić information content (AvgIpc) is 3.10. The number of hydrogen-bond acceptors (Lipinski definition) is 5. The summed E-state index contributed by atoms with van der Waals surface area (Å²) in [6.45, 7) is 9.65. The van der Waals surface area contributed by atoms with Gasteiger partial charge in [-0.2, -0.15) is 0 Å². The highest BCUT2D eigenvalue weighted by Gasteiger charge is 2.30. The molecule has 150 valence electrons. The third-order valence-corrected chi connectivity index (χ3v) is 5.67. The second-order valence-electron chi connectivity index (χ2n) is 8.14. The summed E-state index contributed by atoms with van der Waals surface area (Å²) >= 11 is 0. The van der Waals surface area contributed by atoms with Crippen LogP contribution in [0.3, 0.4) is 0 Å². The number of benzene rings is 1. The van der Waals surface area contributed by atoms with Gasteiger partial charge >= 0.3 is 0 Å². The van der Waals surface area contributed by atoms with Crippen LogP contribution in [0.25, 0.3) is 0 Å². The van der Waals surface area contributed by atoms with Gasteiger partial charge in [-0.1, -0.05) is 18.2 Å². The molecule has 2 fully saturated rings. The number of ether oxygens (including phenoxy) is 2. The summed E-state index contributed by atoms with van der Waals surface area (Å²) in [5.41, 5.74) is 1.24. The molecule has 5 nitrogen and oxygen atoms in total. The highest BCUT2D eigenvalue weighted by Crippen LogP contribution is 2.29. The van der Waals surface area contributed by atoms with E-state index in [0.29, 0.717) is 18.2 Å². The van der Waals surface area contributed by atoms with Crippen LogP contribution in [0.4, 0.5) is 0 Å². The average molecular weight is 382 g/mol. The molecule has 2 aliphatic rings. The molecule has 0 aliphatic carbocycles. The minimum absolute atomic E-state index is 0.326. The van der Waals surface area contributed by atoms with Gasteiger partial charge in [-0.3, -0.25) is 14.8 Å². The summed E-state index contributed by atoms with van der Waals surface area (Å²) in [6.07, 6.45) is 6.72. The summed E-state index contributed by atoms with van der Waals surface area (Å²) in [5, 5.41) is 0. The topological polar surface area (TPSA) is 37.8 Å². The first-order valence-corrected chi connectivity index (χ1v) is 10.4. The first-order chi connectivity index (χ1) is 13.7. The lowest BCUT2D eigenvalue weighted by Crippen LogP contribution is -2.50. The number of rotatable bonds is 6. The molecule has 1 aromatic heterocycles. The van der Waals surface area contributed by atoms with Crippen molar-refractivity contribution in [1.29, 1.82) is 0 Å². The Balaban J connectivity index is 1.42. The lowest BCUT2D eigenvalue weighted by molar-refractivity contribution is -0.0724. The van der Waals surface area contributed by atoms with Crippen LogP contribution in [0.2, 0.25) is 0 Å². The van der Waals surface area contributed by atoms with E-state index in [1.807, 2.05) is 18.2 Å². The number of aromatic nitrogens is 1. The summed E-state index contributed by atoms with van der Waals surface area (Å²) in [4.78, 5) is 9.36. The van der Waals surface area contributed by atoms with E-state index in [4.69, 9.17) is 9.47 Å². The third kappa shape index (κ3) is 4.90. The molecule has 5 heteroatoms. The summed E-state index contributed by atoms with van der Waals surface area (Å²) in [5.74, 6) is 1.71. The maximum Gasteiger partial charge on any atom is 0.145 e. The van der Waals surface area contributed by atoms with Gasteiger partial charge in [0, 0.05) is 44.0 Å². The zero-order valence-corrected chi connectivity index (χ0v) is 17.0. The maximum atomic E-state index is 6.12. The van der Waals surface area contributed by atoms with Crippen LogP contribution in [0.5, 0.6) is 11.5 Å². The number of hydrogen-bond donors (Lipinski definition) is 0. The first-order valence-electron chi connectivity index (χ1n) is 10.4. The fraction of sp³-hybridized carbons (Fsp3) is 0.522. The normalized spacial score (nSPS) is 26.4. The van der Waals surface area contributed by atoms with E-state index in [1.54, 1.807) is 12.4 Å². The molecule has 2 saturated heterocycles. The lowest BCUT2D eigenvalue weighted by Gasteiger charge is -2.38. The third-order valence-electron chi connectivity index (χ3n) is 5.67. The van der Waals surface area contributed by atoms with Crippen LogP contribution in [-0.2, 0) is 11.3 Å². The van der Waals surface area contributed by atoms with E-state index in [9.17, 15) is 0 Å². The zero-order valence-electron chi connectivity index (χ0n) is 17.0. The molecule has 0 N–H and O–H groups in total. The molecule has 0 amide bonds. The second kappa shape index (κ2) is 9.03. The maximum absolute atomic E-state index is 6.12. The van der Waals surface area contributed by atoms with Gasteiger partial charge in [0.15, 0.2) is 0 Å². The van der Waals surface area contributed by atoms with Gasteiger partial charge in [0.2, 0.25) is 0 Å². The first kappa shape index (κ1) is 19.4. The summed E-state index contributed by atoms with van der Waals surface area (Å²) in [7, 11) is 0. The molecule has 0 bridgehead atoms. The zero-order chi connectivity index (χ0) is 19.3. The molecule has 1 aromatic carbocycles. The van der Waals surface area contributed by atoms with Gasteiger partial charge in [0.05, 0.1) is 18.4 Å². The fourth-order valence-corrected chi connectivity index (χ4v) is 4.53. The number of likely N-dealkylation sites (tertiary alicyclic amines) is 1. The van der Waals surface area contributed by atoms with E-state index in [2.05, 4.69) is 46.8 Å². The Hall–Kier alpha value is -1.95. The molecule has 3 atom stereocenters. The van der Waals surface area contributed by atoms with Crippen molar-refractivity contribution >= 4 is 0 Å². The number of para-hydroxylation sites is 1. The molecule has 3 heterocycles. The Morgan fingerprint density at radius 2 is 1.93 bits per heavy atom. The van der Waals surface area contributed by atoms with Crippen molar-refractivity contribution in [3.63, 3.8) is 0 Å².